The first kappa shape index (κ1) is 26.0. The molecule has 1 aliphatic carbocycles. The van der Waals surface area contributed by atoms with Crippen molar-refractivity contribution in [2.45, 2.75) is 56.7 Å². The van der Waals surface area contributed by atoms with Crippen molar-refractivity contribution in [1.29, 1.82) is 0 Å². The first-order valence-corrected chi connectivity index (χ1v) is 11.1. The van der Waals surface area contributed by atoms with Crippen molar-refractivity contribution < 1.29 is 14.2 Å². The van der Waals surface area contributed by atoms with E-state index in [2.05, 4.69) is 40.7 Å². The molecule has 1 saturated carbocycles. The van der Waals surface area contributed by atoms with E-state index in [1.165, 1.54) is 12.8 Å². The van der Waals surface area contributed by atoms with E-state index in [1.54, 1.807) is 7.11 Å². The molecular formula is C23H39IN4O3. The zero-order chi connectivity index (χ0) is 21.4. The molecule has 1 aromatic carbocycles. The van der Waals surface area contributed by atoms with Gasteiger partial charge in [-0.3, -0.25) is 4.99 Å². The molecule has 1 heterocycles. The highest BCUT2D eigenvalue weighted by Crippen LogP contribution is 2.34. The molecule has 31 heavy (non-hydrogen) atoms. The zero-order valence-electron chi connectivity index (χ0n) is 19.4. The summed E-state index contributed by atoms with van der Waals surface area (Å²) in [6.07, 6.45) is 7.02. The molecule has 0 amide bonds. The molecule has 0 bridgehead atoms. The number of hydrogen-bond donors (Lipinski definition) is 2. The fourth-order valence-corrected chi connectivity index (χ4v) is 4.35. The largest absolute Gasteiger partial charge is 0.493 e. The van der Waals surface area contributed by atoms with Crippen LogP contribution in [0.3, 0.4) is 0 Å². The Morgan fingerprint density at radius 3 is 2.52 bits per heavy atom. The number of benzene rings is 1. The Morgan fingerprint density at radius 2 is 1.90 bits per heavy atom. The molecule has 2 N–H and O–H groups in total. The molecule has 8 heteroatoms. The minimum Gasteiger partial charge on any atom is -0.493 e. The summed E-state index contributed by atoms with van der Waals surface area (Å²) < 4.78 is 17.5. The van der Waals surface area contributed by atoms with Crippen molar-refractivity contribution in [3.05, 3.63) is 23.8 Å². The SMILES string of the molecule is CN=C(NCc1cccc(OC)c1OC1CCCC1)NCC1(N(C)C)CCOCC1.I. The van der Waals surface area contributed by atoms with Crippen LogP contribution in [0.4, 0.5) is 0 Å². The molecule has 2 aliphatic rings. The molecule has 0 radical (unpaired) electrons. The van der Waals surface area contributed by atoms with Crippen LogP contribution < -0.4 is 20.1 Å². The van der Waals surface area contributed by atoms with Gasteiger partial charge in [0.1, 0.15) is 0 Å². The van der Waals surface area contributed by atoms with E-state index in [9.17, 15) is 0 Å². The number of ether oxygens (including phenoxy) is 3. The number of likely N-dealkylation sites (N-methyl/N-ethyl adjacent to an activating group) is 1. The molecule has 0 spiro atoms. The van der Waals surface area contributed by atoms with E-state index in [0.717, 1.165) is 68.5 Å². The van der Waals surface area contributed by atoms with E-state index in [4.69, 9.17) is 14.2 Å². The zero-order valence-corrected chi connectivity index (χ0v) is 21.7. The number of aliphatic imine (C=N–C) groups is 1. The Bertz CT molecular complexity index is 702. The Hall–Kier alpha value is -1.26. The van der Waals surface area contributed by atoms with E-state index >= 15 is 0 Å². The van der Waals surface area contributed by atoms with Gasteiger partial charge in [0.15, 0.2) is 17.5 Å². The Kier molecular flexibility index (Phi) is 10.6. The monoisotopic (exact) mass is 546 g/mol. The van der Waals surface area contributed by atoms with E-state index < -0.39 is 0 Å². The molecule has 176 valence electrons. The number of nitrogens with zero attached hydrogens (tertiary/aromatic N) is 2. The molecular weight excluding hydrogens is 507 g/mol. The quantitative estimate of drug-likeness (QED) is 0.296. The lowest BCUT2D eigenvalue weighted by molar-refractivity contribution is -0.00501. The van der Waals surface area contributed by atoms with Gasteiger partial charge in [-0.25, -0.2) is 0 Å². The van der Waals surface area contributed by atoms with E-state index in [0.29, 0.717) is 6.54 Å². The van der Waals surface area contributed by atoms with Gasteiger partial charge in [0.25, 0.3) is 0 Å². The van der Waals surface area contributed by atoms with Gasteiger partial charge >= 0.3 is 0 Å². The summed E-state index contributed by atoms with van der Waals surface area (Å²) in [4.78, 5) is 6.74. The van der Waals surface area contributed by atoms with Crippen LogP contribution in [-0.2, 0) is 11.3 Å². The predicted molar refractivity (Wildman–Crippen MR) is 136 cm³/mol. The molecule has 3 rings (SSSR count). The molecule has 0 unspecified atom stereocenters. The molecule has 7 nitrogen and oxygen atoms in total. The van der Waals surface area contributed by atoms with E-state index in [-0.39, 0.29) is 35.6 Å². The first-order chi connectivity index (χ1) is 14.6. The molecule has 1 aliphatic heterocycles. The number of halogens is 1. The van der Waals surface area contributed by atoms with Gasteiger partial charge in [0, 0.05) is 44.5 Å². The third-order valence-electron chi connectivity index (χ3n) is 6.49. The Labute approximate surface area is 204 Å². The number of guanidine groups is 1. The van der Waals surface area contributed by atoms with Crippen LogP contribution in [0.25, 0.3) is 0 Å². The minimum atomic E-state index is 0. The summed E-state index contributed by atoms with van der Waals surface area (Å²) in [5, 5.41) is 6.97. The van der Waals surface area contributed by atoms with Gasteiger partial charge < -0.3 is 29.7 Å². The second kappa shape index (κ2) is 12.7. The highest BCUT2D eigenvalue weighted by molar-refractivity contribution is 14.0. The fraction of sp³-hybridized carbons (Fsp3) is 0.696. The van der Waals surface area contributed by atoms with Crippen molar-refractivity contribution in [3.8, 4) is 11.5 Å². The summed E-state index contributed by atoms with van der Waals surface area (Å²) in [5.41, 5.74) is 1.17. The minimum absolute atomic E-state index is 0. The van der Waals surface area contributed by atoms with Crippen LogP contribution in [0.5, 0.6) is 11.5 Å². The van der Waals surface area contributed by atoms with Crippen LogP contribution in [0.2, 0.25) is 0 Å². The number of para-hydroxylation sites is 1. The number of hydrogen-bond acceptors (Lipinski definition) is 5. The first-order valence-electron chi connectivity index (χ1n) is 11.1. The molecule has 0 aromatic heterocycles. The smallest absolute Gasteiger partial charge is 0.191 e. The highest BCUT2D eigenvalue weighted by atomic mass is 127. The maximum atomic E-state index is 6.35. The standard InChI is InChI=1S/C23H38N4O3.HI/c1-24-22(26-17-23(27(2)3)12-14-29-15-13-23)25-16-18-8-7-11-20(28-4)21(18)30-19-9-5-6-10-19;/h7-8,11,19H,5-6,9-10,12-17H2,1-4H3,(H2,24,25,26);1H. The van der Waals surface area contributed by atoms with Gasteiger partial charge in [-0.15, -0.1) is 24.0 Å². The van der Waals surface area contributed by atoms with E-state index in [1.807, 2.05) is 19.2 Å². The lowest BCUT2D eigenvalue weighted by atomic mass is 9.88. The number of rotatable bonds is 8. The van der Waals surface area contributed by atoms with Crippen LogP contribution in [0, 0.1) is 0 Å². The second-order valence-corrected chi connectivity index (χ2v) is 8.48. The maximum Gasteiger partial charge on any atom is 0.191 e. The fourth-order valence-electron chi connectivity index (χ4n) is 4.35. The van der Waals surface area contributed by atoms with Gasteiger partial charge in [-0.05, 0) is 58.7 Å². The van der Waals surface area contributed by atoms with Gasteiger partial charge in [0.05, 0.1) is 13.2 Å². The Morgan fingerprint density at radius 1 is 1.19 bits per heavy atom. The van der Waals surface area contributed by atoms with Gasteiger partial charge in [0.2, 0.25) is 0 Å². The van der Waals surface area contributed by atoms with Crippen molar-refractivity contribution in [2.24, 2.45) is 4.99 Å². The lowest BCUT2D eigenvalue weighted by Gasteiger charge is -2.43. The summed E-state index contributed by atoms with van der Waals surface area (Å²) >= 11 is 0. The van der Waals surface area contributed by atoms with Crippen molar-refractivity contribution in [1.82, 2.24) is 15.5 Å². The lowest BCUT2D eigenvalue weighted by Crippen LogP contribution is -2.57. The third kappa shape index (κ3) is 6.86. The van der Waals surface area contributed by atoms with Crippen LogP contribution in [0.15, 0.2) is 23.2 Å². The molecule has 1 aromatic rings. The molecule has 2 fully saturated rings. The summed E-state index contributed by atoms with van der Waals surface area (Å²) in [7, 11) is 7.80. The van der Waals surface area contributed by atoms with Crippen LogP contribution >= 0.6 is 24.0 Å². The Balaban J connectivity index is 0.00000341. The number of nitrogens with one attached hydrogen (secondary N) is 2. The average molecular weight is 546 g/mol. The van der Waals surface area contributed by atoms with Crippen LogP contribution in [-0.4, -0.2) is 70.5 Å². The maximum absolute atomic E-state index is 6.35. The highest BCUT2D eigenvalue weighted by Gasteiger charge is 2.34. The van der Waals surface area contributed by atoms with Gasteiger partial charge in [-0.2, -0.15) is 0 Å². The summed E-state index contributed by atoms with van der Waals surface area (Å²) in [5.74, 6) is 2.43. The van der Waals surface area contributed by atoms with Crippen molar-refractivity contribution in [3.63, 3.8) is 0 Å². The summed E-state index contributed by atoms with van der Waals surface area (Å²) in [6, 6.07) is 6.07. The molecule has 1 saturated heterocycles. The average Bonchev–Trinajstić information content (AvgIpc) is 3.28. The second-order valence-electron chi connectivity index (χ2n) is 8.48. The topological polar surface area (TPSA) is 67.4 Å². The van der Waals surface area contributed by atoms with Crippen molar-refractivity contribution in [2.75, 3.05) is 48.0 Å². The normalized spacial score (nSPS) is 19.1. The predicted octanol–water partition coefficient (Wildman–Crippen LogP) is 3.41. The van der Waals surface area contributed by atoms with Crippen LogP contribution in [0.1, 0.15) is 44.1 Å². The third-order valence-corrected chi connectivity index (χ3v) is 6.49. The summed E-state index contributed by atoms with van der Waals surface area (Å²) in [6.45, 7) is 3.05. The molecule has 0 atom stereocenters. The number of methoxy groups -OCH3 is 1. The van der Waals surface area contributed by atoms with Crippen molar-refractivity contribution >= 4 is 29.9 Å². The van der Waals surface area contributed by atoms with Gasteiger partial charge in [-0.1, -0.05) is 12.1 Å².